The Hall–Kier alpha value is -0.680. The van der Waals surface area contributed by atoms with Crippen LogP contribution in [0.3, 0.4) is 0 Å². The molecule has 0 bridgehead atoms. The summed E-state index contributed by atoms with van der Waals surface area (Å²) in [5, 5.41) is 9.38. The van der Waals surface area contributed by atoms with E-state index in [0.717, 1.165) is 7.11 Å². The summed E-state index contributed by atoms with van der Waals surface area (Å²) in [6.07, 6.45) is -2.46. The Morgan fingerprint density at radius 1 is 1.77 bits per heavy atom. The van der Waals surface area contributed by atoms with E-state index in [1.54, 1.807) is 0 Å². The topological polar surface area (TPSA) is 59.1 Å². The van der Waals surface area contributed by atoms with Crippen LogP contribution >= 0.6 is 0 Å². The number of alkyl halides is 1. The van der Waals surface area contributed by atoms with Crippen LogP contribution in [-0.2, 0) is 14.3 Å². The highest BCUT2D eigenvalue weighted by atomic mass is 19.1. The molecule has 0 aromatic carbocycles. The van der Waals surface area contributed by atoms with Gasteiger partial charge >= 0.3 is 5.97 Å². The zero-order valence-electron chi connectivity index (χ0n) is 7.14. The lowest BCUT2D eigenvalue weighted by Gasteiger charge is -2.18. The van der Waals surface area contributed by atoms with Gasteiger partial charge in [-0.25, -0.2) is 9.18 Å². The van der Waals surface area contributed by atoms with Gasteiger partial charge in [0.2, 0.25) is 6.17 Å². The van der Waals surface area contributed by atoms with Gasteiger partial charge in [0.1, 0.15) is 0 Å². The molecular weight excluding hydrogens is 179 g/mol. The van der Waals surface area contributed by atoms with Crippen LogP contribution in [0.25, 0.3) is 0 Å². The molecule has 13 heavy (non-hydrogen) atoms. The van der Waals surface area contributed by atoms with Crippen molar-refractivity contribution in [3.8, 4) is 0 Å². The quantitative estimate of drug-likeness (QED) is 0.477. The van der Waals surface area contributed by atoms with Crippen molar-refractivity contribution in [1.29, 1.82) is 0 Å². The second-order valence-electron chi connectivity index (χ2n) is 3.44. The predicted octanol–water partition coefficient (Wildman–Crippen LogP) is -0.354. The fraction of sp³-hybridized carbons (Fsp3) is 0.875. The average Bonchev–Trinajstić information content (AvgIpc) is 2.76. The zero-order chi connectivity index (χ0) is 9.59. The standard InChI is InChI=1S/C8H11FO4/c1-12-8(11)6(9)5-3(10)2-4-7(5)13-4/h3-7,10H,2H2,1H3/t3-,4+,5-,6+,7+/m0/s1. The van der Waals surface area contributed by atoms with Crippen molar-refractivity contribution in [3.05, 3.63) is 0 Å². The van der Waals surface area contributed by atoms with E-state index in [9.17, 15) is 14.3 Å². The number of aliphatic hydroxyl groups excluding tert-OH is 1. The van der Waals surface area contributed by atoms with Crippen molar-refractivity contribution < 1.29 is 23.8 Å². The fourth-order valence-corrected chi connectivity index (χ4v) is 1.93. The van der Waals surface area contributed by atoms with E-state index < -0.39 is 24.2 Å². The van der Waals surface area contributed by atoms with Gasteiger partial charge in [0.05, 0.1) is 31.3 Å². The van der Waals surface area contributed by atoms with E-state index in [0.29, 0.717) is 6.42 Å². The van der Waals surface area contributed by atoms with Gasteiger partial charge in [0.25, 0.3) is 0 Å². The maximum absolute atomic E-state index is 13.3. The number of hydrogen-bond donors (Lipinski definition) is 1. The summed E-state index contributed by atoms with van der Waals surface area (Å²) in [5.74, 6) is -1.67. The monoisotopic (exact) mass is 190 g/mol. The molecule has 1 aliphatic heterocycles. The summed E-state index contributed by atoms with van der Waals surface area (Å²) in [5.41, 5.74) is 0. The van der Waals surface area contributed by atoms with Gasteiger partial charge in [-0.15, -0.1) is 0 Å². The zero-order valence-corrected chi connectivity index (χ0v) is 7.14. The molecule has 0 unspecified atom stereocenters. The third-order valence-corrected chi connectivity index (χ3v) is 2.68. The van der Waals surface area contributed by atoms with E-state index in [2.05, 4.69) is 4.74 Å². The van der Waals surface area contributed by atoms with E-state index in [-0.39, 0.29) is 12.2 Å². The highest BCUT2D eigenvalue weighted by Gasteiger charge is 2.59. The Morgan fingerprint density at radius 2 is 2.46 bits per heavy atom. The van der Waals surface area contributed by atoms with Crippen molar-refractivity contribution in [2.45, 2.75) is 30.9 Å². The number of epoxide rings is 1. The van der Waals surface area contributed by atoms with Crippen molar-refractivity contribution in [2.24, 2.45) is 5.92 Å². The molecule has 2 aliphatic rings. The highest BCUT2D eigenvalue weighted by molar-refractivity contribution is 5.75. The summed E-state index contributed by atoms with van der Waals surface area (Å²) in [6, 6.07) is 0. The van der Waals surface area contributed by atoms with E-state index in [1.807, 2.05) is 0 Å². The lowest BCUT2D eigenvalue weighted by Crippen LogP contribution is -2.35. The molecule has 2 rings (SSSR count). The summed E-state index contributed by atoms with van der Waals surface area (Å²) < 4.78 is 22.6. The normalized spacial score (nSPS) is 43.9. The highest BCUT2D eigenvalue weighted by Crippen LogP contribution is 2.45. The molecule has 5 heteroatoms. The number of ether oxygens (including phenoxy) is 2. The number of carbonyl (C=O) groups excluding carboxylic acids is 1. The molecule has 5 atom stereocenters. The molecule has 0 aromatic rings. The van der Waals surface area contributed by atoms with Crippen LogP contribution in [0, 0.1) is 5.92 Å². The molecule has 1 N–H and O–H groups in total. The van der Waals surface area contributed by atoms with Crippen LogP contribution < -0.4 is 0 Å². The summed E-state index contributed by atoms with van der Waals surface area (Å²) >= 11 is 0. The number of carbonyl (C=O) groups is 1. The first-order valence-corrected chi connectivity index (χ1v) is 4.20. The number of hydrogen-bond acceptors (Lipinski definition) is 4. The molecule has 74 valence electrons. The van der Waals surface area contributed by atoms with Crippen molar-refractivity contribution in [1.82, 2.24) is 0 Å². The van der Waals surface area contributed by atoms with Gasteiger partial charge < -0.3 is 14.6 Å². The Bertz CT molecular complexity index is 230. The predicted molar refractivity (Wildman–Crippen MR) is 39.7 cm³/mol. The van der Waals surface area contributed by atoms with E-state index in [1.165, 1.54) is 0 Å². The second kappa shape index (κ2) is 2.92. The first-order valence-electron chi connectivity index (χ1n) is 4.20. The number of rotatable bonds is 2. The molecule has 1 heterocycles. The number of methoxy groups -OCH3 is 1. The first kappa shape index (κ1) is 8.90. The molecule has 4 nitrogen and oxygen atoms in total. The Kier molecular flexibility index (Phi) is 2.00. The van der Waals surface area contributed by atoms with Crippen LogP contribution in [0.4, 0.5) is 4.39 Å². The lowest BCUT2D eigenvalue weighted by molar-refractivity contribution is -0.151. The minimum Gasteiger partial charge on any atom is -0.467 e. The second-order valence-corrected chi connectivity index (χ2v) is 3.44. The molecule has 1 aliphatic carbocycles. The third-order valence-electron chi connectivity index (χ3n) is 2.68. The fourth-order valence-electron chi connectivity index (χ4n) is 1.93. The van der Waals surface area contributed by atoms with E-state index >= 15 is 0 Å². The van der Waals surface area contributed by atoms with Crippen molar-refractivity contribution >= 4 is 5.97 Å². The SMILES string of the molecule is COC(=O)[C@H](F)[C@H]1[C@@H]2O[C@@H]2C[C@@H]1O. The van der Waals surface area contributed by atoms with Gasteiger partial charge in [-0.3, -0.25) is 0 Å². The minimum atomic E-state index is -1.77. The maximum atomic E-state index is 13.3. The molecule has 1 saturated heterocycles. The smallest absolute Gasteiger partial charge is 0.340 e. The van der Waals surface area contributed by atoms with E-state index in [4.69, 9.17) is 4.74 Å². The number of esters is 1. The Morgan fingerprint density at radius 3 is 2.92 bits per heavy atom. The molecule has 0 aromatic heterocycles. The van der Waals surface area contributed by atoms with Crippen LogP contribution in [-0.4, -0.2) is 42.7 Å². The summed E-state index contributed by atoms with van der Waals surface area (Å²) in [7, 11) is 1.13. The third kappa shape index (κ3) is 1.32. The first-order chi connectivity index (χ1) is 6.15. The maximum Gasteiger partial charge on any atom is 0.340 e. The number of aliphatic hydroxyl groups is 1. The van der Waals surface area contributed by atoms with Gasteiger partial charge in [-0.05, 0) is 0 Å². The van der Waals surface area contributed by atoms with Crippen molar-refractivity contribution in [2.75, 3.05) is 7.11 Å². The molecule has 2 fully saturated rings. The average molecular weight is 190 g/mol. The summed E-state index contributed by atoms with van der Waals surface area (Å²) in [6.45, 7) is 0. The van der Waals surface area contributed by atoms with Gasteiger partial charge in [-0.2, -0.15) is 0 Å². The number of fused-ring (bicyclic) bond motifs is 1. The Labute approximate surface area is 74.6 Å². The Balaban J connectivity index is 2.02. The molecule has 0 radical (unpaired) electrons. The molecule has 0 spiro atoms. The molecule has 1 saturated carbocycles. The summed E-state index contributed by atoms with van der Waals surface area (Å²) in [4.78, 5) is 10.8. The van der Waals surface area contributed by atoms with Crippen LogP contribution in [0.1, 0.15) is 6.42 Å². The minimum absolute atomic E-state index is 0.0529. The molecule has 0 amide bonds. The number of halogens is 1. The van der Waals surface area contributed by atoms with Gasteiger partial charge in [0.15, 0.2) is 0 Å². The lowest BCUT2D eigenvalue weighted by atomic mass is 9.99. The van der Waals surface area contributed by atoms with Gasteiger partial charge in [-0.1, -0.05) is 0 Å². The van der Waals surface area contributed by atoms with Gasteiger partial charge in [0, 0.05) is 6.42 Å². The van der Waals surface area contributed by atoms with Crippen LogP contribution in [0.2, 0.25) is 0 Å². The molecular formula is C8H11FO4. The van der Waals surface area contributed by atoms with Crippen LogP contribution in [0.15, 0.2) is 0 Å². The largest absolute Gasteiger partial charge is 0.467 e. The van der Waals surface area contributed by atoms with Crippen molar-refractivity contribution in [3.63, 3.8) is 0 Å². The van der Waals surface area contributed by atoms with Crippen LogP contribution in [0.5, 0.6) is 0 Å².